The number of carbonyl (C=O) groups is 4. The molecule has 0 aromatic carbocycles. The first-order chi connectivity index (χ1) is 22.1. The molecular formula is C30H61N11O4S2. The lowest BCUT2D eigenvalue weighted by Crippen LogP contribution is -2.51. The predicted molar refractivity (Wildman–Crippen MR) is 194 cm³/mol. The first kappa shape index (κ1) is 44.4. The molecule has 0 spiro atoms. The van der Waals surface area contributed by atoms with E-state index in [-0.39, 0.29) is 46.8 Å². The van der Waals surface area contributed by atoms with Gasteiger partial charge in [-0.25, -0.2) is 0 Å². The van der Waals surface area contributed by atoms with Crippen molar-refractivity contribution in [3.8, 4) is 0 Å². The lowest BCUT2D eigenvalue weighted by molar-refractivity contribution is -0.131. The van der Waals surface area contributed by atoms with Gasteiger partial charge in [-0.1, -0.05) is 50.2 Å². The minimum atomic E-state index is -0.566. The third kappa shape index (κ3) is 28.2. The average molecular weight is 704 g/mol. The van der Waals surface area contributed by atoms with Crippen LogP contribution in [-0.2, 0) is 19.2 Å². The summed E-state index contributed by atoms with van der Waals surface area (Å²) in [4.78, 5) is 53.4. The lowest BCUT2D eigenvalue weighted by atomic mass is 10.1. The van der Waals surface area contributed by atoms with Crippen molar-refractivity contribution in [3.05, 3.63) is 0 Å². The SMILES string of the molecule is CC(C)NCCN(CCNC(=O)CCCCCCC(=O)NCCN(CCNC(C)(C)N)C(=O)CCSC(=N)N)C(=O)CCSC(=N)N. The minimum absolute atomic E-state index is 0.0102. The highest BCUT2D eigenvalue weighted by molar-refractivity contribution is 8.13. The van der Waals surface area contributed by atoms with Gasteiger partial charge < -0.3 is 43.0 Å². The van der Waals surface area contributed by atoms with Crippen LogP contribution < -0.4 is 38.5 Å². The van der Waals surface area contributed by atoms with Crippen LogP contribution in [0, 0.1) is 10.8 Å². The number of amidine groups is 2. The molecule has 47 heavy (non-hydrogen) atoms. The summed E-state index contributed by atoms with van der Waals surface area (Å²) >= 11 is 2.26. The van der Waals surface area contributed by atoms with Crippen LogP contribution in [0.3, 0.4) is 0 Å². The van der Waals surface area contributed by atoms with Crippen LogP contribution in [0.4, 0.5) is 0 Å². The molecule has 12 N–H and O–H groups in total. The number of carbonyl (C=O) groups excluding carboxylic acids is 4. The van der Waals surface area contributed by atoms with E-state index in [1.54, 1.807) is 9.80 Å². The van der Waals surface area contributed by atoms with E-state index in [2.05, 4.69) is 21.3 Å². The van der Waals surface area contributed by atoms with Gasteiger partial charge in [0.1, 0.15) is 0 Å². The topological polar surface area (TPSA) is 249 Å². The van der Waals surface area contributed by atoms with E-state index in [1.165, 1.54) is 0 Å². The van der Waals surface area contributed by atoms with Crippen LogP contribution in [0.25, 0.3) is 0 Å². The number of unbranched alkanes of at least 4 members (excludes halogenated alkanes) is 3. The van der Waals surface area contributed by atoms with Crippen LogP contribution in [0.1, 0.15) is 79.1 Å². The summed E-state index contributed by atoms with van der Waals surface area (Å²) in [6.45, 7) is 11.4. The van der Waals surface area contributed by atoms with Gasteiger partial charge in [0, 0.05) is 95.6 Å². The molecule has 0 aliphatic rings. The molecule has 15 nitrogen and oxygen atoms in total. The molecule has 0 aliphatic heterocycles. The van der Waals surface area contributed by atoms with Gasteiger partial charge in [0.15, 0.2) is 10.3 Å². The van der Waals surface area contributed by atoms with Crippen molar-refractivity contribution >= 4 is 57.5 Å². The van der Waals surface area contributed by atoms with Gasteiger partial charge in [-0.05, 0) is 26.7 Å². The normalized spacial score (nSPS) is 11.3. The maximum atomic E-state index is 12.7. The van der Waals surface area contributed by atoms with Crippen molar-refractivity contribution in [2.24, 2.45) is 17.2 Å². The van der Waals surface area contributed by atoms with E-state index in [0.717, 1.165) is 36.4 Å². The smallest absolute Gasteiger partial charge is 0.223 e. The highest BCUT2D eigenvalue weighted by atomic mass is 32.2. The van der Waals surface area contributed by atoms with Crippen molar-refractivity contribution in [3.63, 3.8) is 0 Å². The monoisotopic (exact) mass is 703 g/mol. The predicted octanol–water partition coefficient (Wildman–Crippen LogP) is 0.533. The molecule has 4 amide bonds. The van der Waals surface area contributed by atoms with Gasteiger partial charge in [-0.3, -0.25) is 35.3 Å². The van der Waals surface area contributed by atoms with Gasteiger partial charge in [-0.15, -0.1) is 0 Å². The Kier molecular flexibility index (Phi) is 24.9. The van der Waals surface area contributed by atoms with Gasteiger partial charge in [0.05, 0.1) is 5.66 Å². The maximum absolute atomic E-state index is 12.7. The Balaban J connectivity index is 4.30. The van der Waals surface area contributed by atoms with Gasteiger partial charge in [-0.2, -0.15) is 0 Å². The zero-order valence-electron chi connectivity index (χ0n) is 28.9. The summed E-state index contributed by atoms with van der Waals surface area (Å²) in [5.41, 5.74) is 16.1. The molecule has 272 valence electrons. The molecule has 0 aliphatic carbocycles. The zero-order valence-corrected chi connectivity index (χ0v) is 30.5. The van der Waals surface area contributed by atoms with Crippen LogP contribution in [-0.4, -0.2) is 119 Å². The summed E-state index contributed by atoms with van der Waals surface area (Å²) in [6, 6.07) is 0.305. The molecule has 0 bridgehead atoms. The summed E-state index contributed by atoms with van der Waals surface area (Å²) in [7, 11) is 0. The van der Waals surface area contributed by atoms with Gasteiger partial charge >= 0.3 is 0 Å². The first-order valence-electron chi connectivity index (χ1n) is 16.4. The Labute approximate surface area is 289 Å². The number of hydrogen-bond acceptors (Lipinski definition) is 11. The molecule has 0 aromatic heterocycles. The number of rotatable bonds is 27. The van der Waals surface area contributed by atoms with Crippen LogP contribution >= 0.6 is 23.5 Å². The molecule has 0 atom stereocenters. The molecule has 0 fully saturated rings. The second-order valence-electron chi connectivity index (χ2n) is 12.1. The summed E-state index contributed by atoms with van der Waals surface area (Å²) in [6.07, 6.45) is 4.35. The molecule has 0 saturated carbocycles. The van der Waals surface area contributed by atoms with E-state index >= 15 is 0 Å². The maximum Gasteiger partial charge on any atom is 0.223 e. The van der Waals surface area contributed by atoms with E-state index in [0.29, 0.717) is 95.6 Å². The Morgan fingerprint density at radius 1 is 0.681 bits per heavy atom. The van der Waals surface area contributed by atoms with Gasteiger partial charge in [0.25, 0.3) is 0 Å². The zero-order chi connectivity index (χ0) is 35.7. The number of hydrogen-bond donors (Lipinski definition) is 9. The fourth-order valence-electron chi connectivity index (χ4n) is 4.30. The van der Waals surface area contributed by atoms with E-state index in [9.17, 15) is 19.2 Å². The number of nitrogens with two attached hydrogens (primary N) is 3. The number of amides is 4. The molecule has 0 rings (SSSR count). The summed E-state index contributed by atoms with van der Waals surface area (Å²) < 4.78 is 0. The number of nitrogens with zero attached hydrogens (tertiary/aromatic N) is 2. The molecule has 0 radical (unpaired) electrons. The summed E-state index contributed by atoms with van der Waals surface area (Å²) in [5, 5.41) is 26.8. The van der Waals surface area contributed by atoms with Crippen molar-refractivity contribution in [2.75, 3.05) is 63.9 Å². The van der Waals surface area contributed by atoms with E-state index < -0.39 is 5.66 Å². The van der Waals surface area contributed by atoms with Crippen molar-refractivity contribution in [1.82, 2.24) is 31.1 Å². The van der Waals surface area contributed by atoms with Gasteiger partial charge in [0.2, 0.25) is 23.6 Å². The Morgan fingerprint density at radius 2 is 1.09 bits per heavy atom. The molecular weight excluding hydrogens is 643 g/mol. The second kappa shape index (κ2) is 26.4. The fraction of sp³-hybridized carbons (Fsp3) is 0.800. The Hall–Kier alpha value is -2.60. The quantitative estimate of drug-likeness (QED) is 0.0247. The minimum Gasteiger partial charge on any atom is -0.379 e. The first-order valence-corrected chi connectivity index (χ1v) is 18.4. The van der Waals surface area contributed by atoms with E-state index in [4.69, 9.17) is 28.0 Å². The highest BCUT2D eigenvalue weighted by Gasteiger charge is 2.17. The largest absolute Gasteiger partial charge is 0.379 e. The fourth-order valence-corrected chi connectivity index (χ4v) is 5.29. The number of nitrogens with one attached hydrogen (secondary N) is 6. The number of thioether (sulfide) groups is 2. The van der Waals surface area contributed by atoms with Crippen LogP contribution in [0.2, 0.25) is 0 Å². The second-order valence-corrected chi connectivity index (χ2v) is 14.3. The molecule has 0 unspecified atom stereocenters. The highest BCUT2D eigenvalue weighted by Crippen LogP contribution is 2.07. The molecule has 17 heteroatoms. The van der Waals surface area contributed by atoms with Crippen molar-refractivity contribution < 1.29 is 19.2 Å². The Morgan fingerprint density at radius 3 is 1.47 bits per heavy atom. The standard InChI is InChI=1S/C30H61N11O4S2/c1-23(2)36-13-17-40(26(44)11-21-46-28(31)32)18-14-37-24(42)9-7-5-6-8-10-25(43)38-15-19-41(20-16-39-30(3,4)35)27(45)12-22-47-29(33)34/h23,36,39H,5-22,35H2,1-4H3,(H3,31,32)(H3,33,34)(H,37,42)(H,38,43). The summed E-state index contributed by atoms with van der Waals surface area (Å²) in [5.74, 6) is 0.633. The third-order valence-corrected chi connectivity index (χ3v) is 8.15. The third-order valence-electron chi connectivity index (χ3n) is 6.71. The van der Waals surface area contributed by atoms with Crippen molar-refractivity contribution in [2.45, 2.75) is 90.8 Å². The van der Waals surface area contributed by atoms with E-state index in [1.807, 2.05) is 27.7 Å². The molecule has 0 saturated heterocycles. The average Bonchev–Trinajstić information content (AvgIpc) is 2.96. The van der Waals surface area contributed by atoms with Crippen LogP contribution in [0.5, 0.6) is 0 Å². The lowest BCUT2D eigenvalue weighted by Gasteiger charge is -2.26. The molecule has 0 aromatic rings. The molecule has 0 heterocycles. The van der Waals surface area contributed by atoms with Crippen molar-refractivity contribution in [1.29, 1.82) is 10.8 Å². The van der Waals surface area contributed by atoms with Crippen LogP contribution in [0.15, 0.2) is 0 Å². The Bertz CT molecular complexity index is 965.